The Hall–Kier alpha value is -1.80. The maximum Gasteiger partial charge on any atom is 0.416 e. The number of nitrogens with zero attached hydrogens (tertiary/aromatic N) is 2. The van der Waals surface area contributed by atoms with Crippen molar-refractivity contribution in [1.82, 2.24) is 10.2 Å². The third kappa shape index (κ3) is 3.89. The number of carbonyl (C=O) groups excluding carboxylic acids is 1. The number of hydrogen-bond acceptors (Lipinski definition) is 5. The topological polar surface area (TPSA) is 52.1 Å². The monoisotopic (exact) mass is 348 g/mol. The number of halogens is 4. The van der Waals surface area contributed by atoms with Crippen LogP contribution in [0.1, 0.15) is 15.9 Å². The number of ether oxygens (including phenoxy) is 1. The fourth-order valence-corrected chi connectivity index (χ4v) is 2.57. The van der Waals surface area contributed by atoms with Crippen LogP contribution in [0.3, 0.4) is 0 Å². The largest absolute Gasteiger partial charge is 0.465 e. The molecule has 0 atom stereocenters. The van der Waals surface area contributed by atoms with Gasteiger partial charge in [0.1, 0.15) is 5.03 Å². The van der Waals surface area contributed by atoms with E-state index in [0.717, 1.165) is 23.9 Å². The first-order valence-electron chi connectivity index (χ1n) is 5.78. The third-order valence-electron chi connectivity index (χ3n) is 2.51. The van der Waals surface area contributed by atoms with Crippen molar-refractivity contribution < 1.29 is 22.7 Å². The van der Waals surface area contributed by atoms with Gasteiger partial charge in [0.25, 0.3) is 0 Å². The van der Waals surface area contributed by atoms with Crippen molar-refractivity contribution in [2.24, 2.45) is 0 Å². The lowest BCUT2D eigenvalue weighted by atomic mass is 10.2. The third-order valence-corrected chi connectivity index (χ3v) is 3.68. The average molecular weight is 349 g/mol. The van der Waals surface area contributed by atoms with Crippen molar-refractivity contribution in [3.63, 3.8) is 0 Å². The summed E-state index contributed by atoms with van der Waals surface area (Å²) in [6.07, 6.45) is -4.45. The molecule has 0 bridgehead atoms. The van der Waals surface area contributed by atoms with Crippen LogP contribution in [0, 0.1) is 0 Å². The van der Waals surface area contributed by atoms with Crippen LogP contribution < -0.4 is 0 Å². The van der Waals surface area contributed by atoms with Crippen LogP contribution >= 0.6 is 23.4 Å². The van der Waals surface area contributed by atoms with Crippen molar-refractivity contribution in [2.45, 2.75) is 16.1 Å². The molecule has 0 aliphatic heterocycles. The molecule has 0 radical (unpaired) electrons. The zero-order chi connectivity index (χ0) is 16.3. The highest BCUT2D eigenvalue weighted by Gasteiger charge is 2.30. The summed E-state index contributed by atoms with van der Waals surface area (Å²) >= 11 is 6.53. The summed E-state index contributed by atoms with van der Waals surface area (Å²) in [6.45, 7) is 0. The van der Waals surface area contributed by atoms with E-state index in [1.165, 1.54) is 25.3 Å². The molecule has 0 N–H and O–H groups in total. The Morgan fingerprint density at radius 1 is 1.27 bits per heavy atom. The van der Waals surface area contributed by atoms with Gasteiger partial charge in [0, 0.05) is 4.90 Å². The normalized spacial score (nSPS) is 11.3. The molecular formula is C13H8ClF3N2O2S. The lowest BCUT2D eigenvalue weighted by Crippen LogP contribution is -2.06. The Morgan fingerprint density at radius 2 is 2.00 bits per heavy atom. The van der Waals surface area contributed by atoms with Crippen LogP contribution in [0.15, 0.2) is 40.3 Å². The van der Waals surface area contributed by atoms with Gasteiger partial charge in [-0.2, -0.15) is 13.2 Å². The van der Waals surface area contributed by atoms with Crippen LogP contribution in [-0.2, 0) is 10.9 Å². The second kappa shape index (κ2) is 6.53. The summed E-state index contributed by atoms with van der Waals surface area (Å²) in [6, 6.07) is 5.90. The summed E-state index contributed by atoms with van der Waals surface area (Å²) in [5.41, 5.74) is -0.760. The summed E-state index contributed by atoms with van der Waals surface area (Å²) in [4.78, 5) is 11.9. The van der Waals surface area contributed by atoms with Crippen LogP contribution in [0.25, 0.3) is 0 Å². The van der Waals surface area contributed by atoms with Gasteiger partial charge in [-0.05, 0) is 24.3 Å². The molecule has 1 heterocycles. The summed E-state index contributed by atoms with van der Waals surface area (Å²) in [5, 5.41) is 7.41. The van der Waals surface area contributed by atoms with Crippen LogP contribution in [0.4, 0.5) is 13.2 Å². The highest BCUT2D eigenvalue weighted by Crippen LogP contribution is 2.35. The van der Waals surface area contributed by atoms with Crippen LogP contribution in [0.5, 0.6) is 0 Å². The zero-order valence-corrected chi connectivity index (χ0v) is 12.6. The first-order valence-corrected chi connectivity index (χ1v) is 6.97. The van der Waals surface area contributed by atoms with Crippen molar-refractivity contribution in [3.05, 3.63) is 46.6 Å². The molecule has 116 valence electrons. The molecule has 0 aliphatic rings. The molecule has 2 aromatic rings. The number of carbonyl (C=O) groups is 1. The molecule has 4 nitrogen and oxygen atoms in total. The van der Waals surface area contributed by atoms with Crippen LogP contribution in [-0.4, -0.2) is 23.3 Å². The molecule has 2 rings (SSSR count). The van der Waals surface area contributed by atoms with Gasteiger partial charge in [0.2, 0.25) is 0 Å². The minimum Gasteiger partial charge on any atom is -0.465 e. The maximum atomic E-state index is 12.7. The predicted octanol–water partition coefficient (Wildman–Crippen LogP) is 4.09. The molecule has 1 aromatic carbocycles. The van der Waals surface area contributed by atoms with Gasteiger partial charge < -0.3 is 4.74 Å². The van der Waals surface area contributed by atoms with E-state index >= 15 is 0 Å². The van der Waals surface area contributed by atoms with E-state index in [4.69, 9.17) is 11.6 Å². The number of benzene rings is 1. The summed E-state index contributed by atoms with van der Waals surface area (Å²) in [5.74, 6) is -0.703. The van der Waals surface area contributed by atoms with E-state index in [1.807, 2.05) is 0 Å². The molecule has 1 aromatic heterocycles. The van der Waals surface area contributed by atoms with Gasteiger partial charge in [-0.15, -0.1) is 10.2 Å². The maximum absolute atomic E-state index is 12.7. The van der Waals surface area contributed by atoms with Gasteiger partial charge in [-0.25, -0.2) is 4.79 Å². The molecule has 0 saturated carbocycles. The lowest BCUT2D eigenvalue weighted by molar-refractivity contribution is -0.137. The molecule has 0 saturated heterocycles. The minimum absolute atomic E-state index is 0.0196. The van der Waals surface area contributed by atoms with E-state index in [-0.39, 0.29) is 20.6 Å². The van der Waals surface area contributed by atoms with Crippen molar-refractivity contribution in [3.8, 4) is 0 Å². The van der Waals surface area contributed by atoms with Gasteiger partial charge in [0.05, 0.1) is 18.2 Å². The predicted molar refractivity (Wildman–Crippen MR) is 73.9 cm³/mol. The first-order chi connectivity index (χ1) is 10.3. The molecule has 0 fully saturated rings. The Labute approximate surface area is 132 Å². The van der Waals surface area contributed by atoms with Crippen molar-refractivity contribution >= 4 is 29.3 Å². The Bertz CT molecular complexity index is 710. The molecule has 0 aliphatic carbocycles. The van der Waals surface area contributed by atoms with E-state index in [2.05, 4.69) is 14.9 Å². The summed E-state index contributed by atoms with van der Waals surface area (Å²) in [7, 11) is 1.18. The standard InChI is InChI=1S/C13H8ClF3N2O2S/c1-21-12(20)9-6-10(14)18-19-11(9)22-8-4-2-3-7(5-8)13(15,16)17/h2-6H,1H3. The molecule has 0 amide bonds. The van der Waals surface area contributed by atoms with E-state index < -0.39 is 17.7 Å². The lowest BCUT2D eigenvalue weighted by Gasteiger charge is -2.09. The minimum atomic E-state index is -4.45. The Balaban J connectivity index is 2.37. The van der Waals surface area contributed by atoms with Gasteiger partial charge in [-0.1, -0.05) is 29.4 Å². The second-order valence-electron chi connectivity index (χ2n) is 4.01. The highest BCUT2D eigenvalue weighted by atomic mass is 35.5. The fraction of sp³-hybridized carbons (Fsp3) is 0.154. The van der Waals surface area contributed by atoms with Gasteiger partial charge >= 0.3 is 12.1 Å². The molecule has 0 spiro atoms. The second-order valence-corrected chi connectivity index (χ2v) is 5.45. The highest BCUT2D eigenvalue weighted by molar-refractivity contribution is 7.99. The van der Waals surface area contributed by atoms with Crippen LogP contribution in [0.2, 0.25) is 5.15 Å². The smallest absolute Gasteiger partial charge is 0.416 e. The number of alkyl halides is 3. The van der Waals surface area contributed by atoms with Crippen molar-refractivity contribution in [1.29, 1.82) is 0 Å². The number of methoxy groups -OCH3 is 1. The number of esters is 1. The molecule has 9 heteroatoms. The Kier molecular flexibility index (Phi) is 4.92. The number of hydrogen-bond donors (Lipinski definition) is 0. The SMILES string of the molecule is COC(=O)c1cc(Cl)nnc1Sc1cccc(C(F)(F)F)c1. The van der Waals surface area contributed by atoms with Gasteiger partial charge in [-0.3, -0.25) is 0 Å². The molecule has 0 unspecified atom stereocenters. The fourth-order valence-electron chi connectivity index (χ4n) is 1.54. The molecular weight excluding hydrogens is 341 g/mol. The average Bonchev–Trinajstić information content (AvgIpc) is 2.47. The van der Waals surface area contributed by atoms with Gasteiger partial charge in [0.15, 0.2) is 5.15 Å². The quantitative estimate of drug-likeness (QED) is 0.782. The number of rotatable bonds is 3. The van der Waals surface area contributed by atoms with E-state index in [0.29, 0.717) is 0 Å². The van der Waals surface area contributed by atoms with E-state index in [1.54, 1.807) is 0 Å². The number of aromatic nitrogens is 2. The zero-order valence-electron chi connectivity index (χ0n) is 11.0. The first kappa shape index (κ1) is 16.6. The van der Waals surface area contributed by atoms with E-state index in [9.17, 15) is 18.0 Å². The van der Waals surface area contributed by atoms with Crippen molar-refractivity contribution in [2.75, 3.05) is 7.11 Å². The Morgan fingerprint density at radius 3 is 2.64 bits per heavy atom. The molecule has 22 heavy (non-hydrogen) atoms. The summed E-state index contributed by atoms with van der Waals surface area (Å²) < 4.78 is 42.7.